The van der Waals surface area contributed by atoms with Gasteiger partial charge in [-0.25, -0.2) is 14.5 Å². The Hall–Kier alpha value is -4.30. The summed E-state index contributed by atoms with van der Waals surface area (Å²) >= 11 is 0. The molecule has 5 rings (SSSR count). The number of piperidine rings is 1. The fraction of sp³-hybridized carbons (Fsp3) is 0.548. The summed E-state index contributed by atoms with van der Waals surface area (Å²) in [7, 11) is 4.40. The molecule has 14 heteroatoms. The third-order valence-corrected chi connectivity index (χ3v) is 8.29. The van der Waals surface area contributed by atoms with Gasteiger partial charge in [-0.05, 0) is 57.1 Å². The van der Waals surface area contributed by atoms with E-state index in [4.69, 9.17) is 23.7 Å². The lowest BCUT2D eigenvalue weighted by molar-refractivity contribution is -0.198. The minimum Gasteiger partial charge on any atom is -0.493 e. The number of nitrogens with zero attached hydrogens (tertiary/aromatic N) is 3. The lowest BCUT2D eigenvalue weighted by atomic mass is 10.00. The molecular formula is C31H40N4O10. The summed E-state index contributed by atoms with van der Waals surface area (Å²) in [6.45, 7) is 1.12. The molecule has 14 nitrogen and oxygen atoms in total. The minimum absolute atomic E-state index is 0.108. The molecule has 3 atom stereocenters. The van der Waals surface area contributed by atoms with Gasteiger partial charge in [-0.2, -0.15) is 0 Å². The number of nitrogens with one attached hydrogen (secondary N) is 1. The first kappa shape index (κ1) is 32.1. The molecule has 1 aromatic carbocycles. The Morgan fingerprint density at radius 3 is 2.58 bits per heavy atom. The molecule has 3 aliphatic rings. The maximum atomic E-state index is 13.9. The Kier molecular flexibility index (Phi) is 10.1. The zero-order valence-electron chi connectivity index (χ0n) is 25.8. The van der Waals surface area contributed by atoms with Gasteiger partial charge >= 0.3 is 12.1 Å². The smallest absolute Gasteiger partial charge is 0.414 e. The number of rotatable bonds is 10. The van der Waals surface area contributed by atoms with Crippen LogP contribution in [0, 0.1) is 0 Å². The highest BCUT2D eigenvalue weighted by Crippen LogP contribution is 2.42. The molecule has 2 N–H and O–H groups in total. The van der Waals surface area contributed by atoms with E-state index in [-0.39, 0.29) is 47.6 Å². The fourth-order valence-corrected chi connectivity index (χ4v) is 6.08. The average molecular weight is 629 g/mol. The van der Waals surface area contributed by atoms with Crippen molar-refractivity contribution in [2.75, 3.05) is 44.2 Å². The quantitative estimate of drug-likeness (QED) is 0.291. The van der Waals surface area contributed by atoms with Crippen LogP contribution >= 0.6 is 0 Å². The second-order valence-electron chi connectivity index (χ2n) is 11.3. The summed E-state index contributed by atoms with van der Waals surface area (Å²) < 4.78 is 30.0. The number of aryl methyl sites for hydroxylation is 1. The van der Waals surface area contributed by atoms with Gasteiger partial charge in [0.25, 0.3) is 5.91 Å². The number of carbonyl (C=O) groups is 4. The number of methoxy groups -OCH3 is 2. The van der Waals surface area contributed by atoms with E-state index in [0.29, 0.717) is 43.8 Å². The van der Waals surface area contributed by atoms with Crippen LogP contribution < -0.4 is 19.7 Å². The van der Waals surface area contributed by atoms with Gasteiger partial charge in [-0.3, -0.25) is 9.59 Å². The molecule has 2 fully saturated rings. The lowest BCUT2D eigenvalue weighted by Crippen LogP contribution is -2.57. The van der Waals surface area contributed by atoms with E-state index >= 15 is 0 Å². The number of fused-ring (bicyclic) bond motifs is 2. The highest BCUT2D eigenvalue weighted by atomic mass is 16.7. The number of carboxylic acid groups (broad SMARTS) is 1. The number of carbonyl (C=O) groups excluding carboxylic acids is 3. The van der Waals surface area contributed by atoms with Crippen molar-refractivity contribution in [2.24, 2.45) is 7.05 Å². The third-order valence-electron chi connectivity index (χ3n) is 8.29. The van der Waals surface area contributed by atoms with Crippen molar-refractivity contribution in [2.45, 2.75) is 69.9 Å². The largest absolute Gasteiger partial charge is 0.493 e. The van der Waals surface area contributed by atoms with E-state index in [2.05, 4.69) is 5.32 Å². The van der Waals surface area contributed by atoms with E-state index in [9.17, 15) is 24.3 Å². The molecule has 0 saturated carbocycles. The predicted molar refractivity (Wildman–Crippen MR) is 161 cm³/mol. The van der Waals surface area contributed by atoms with E-state index in [1.807, 2.05) is 0 Å². The van der Waals surface area contributed by atoms with Crippen molar-refractivity contribution in [1.82, 2.24) is 9.47 Å². The monoisotopic (exact) mass is 628 g/mol. The summed E-state index contributed by atoms with van der Waals surface area (Å²) in [5, 5.41) is 13.2. The molecule has 2 aromatic rings. The highest BCUT2D eigenvalue weighted by molar-refractivity contribution is 6.05. The Bertz CT molecular complexity index is 1420. The molecular weight excluding hydrogens is 588 g/mol. The maximum absolute atomic E-state index is 13.9. The molecule has 4 heterocycles. The molecule has 0 radical (unpaired) electrons. The van der Waals surface area contributed by atoms with Crippen molar-refractivity contribution < 1.29 is 48.0 Å². The van der Waals surface area contributed by atoms with Gasteiger partial charge in [0, 0.05) is 38.9 Å². The minimum atomic E-state index is -1.26. The lowest BCUT2D eigenvalue weighted by Gasteiger charge is -2.42. The molecule has 244 valence electrons. The van der Waals surface area contributed by atoms with Crippen molar-refractivity contribution >= 4 is 35.3 Å². The van der Waals surface area contributed by atoms with Gasteiger partial charge in [0.05, 0.1) is 43.8 Å². The van der Waals surface area contributed by atoms with Gasteiger partial charge in [-0.15, -0.1) is 0 Å². The molecule has 3 aliphatic heterocycles. The van der Waals surface area contributed by atoms with E-state index in [0.717, 1.165) is 30.6 Å². The number of ether oxygens (including phenoxy) is 5. The Morgan fingerprint density at radius 2 is 1.87 bits per heavy atom. The van der Waals surface area contributed by atoms with Crippen molar-refractivity contribution in [3.63, 3.8) is 0 Å². The predicted octanol–water partition coefficient (Wildman–Crippen LogP) is 3.98. The van der Waals surface area contributed by atoms with Crippen molar-refractivity contribution in [3.8, 4) is 11.5 Å². The average Bonchev–Trinajstić information content (AvgIpc) is 3.37. The van der Waals surface area contributed by atoms with Gasteiger partial charge in [0.1, 0.15) is 5.69 Å². The van der Waals surface area contributed by atoms with Crippen LogP contribution in [0.15, 0.2) is 24.4 Å². The third kappa shape index (κ3) is 7.01. The van der Waals surface area contributed by atoms with Gasteiger partial charge in [0.15, 0.2) is 24.0 Å². The number of hydrogen-bond acceptors (Lipinski definition) is 9. The van der Waals surface area contributed by atoms with Crippen LogP contribution in [0.1, 0.15) is 72.2 Å². The zero-order valence-corrected chi connectivity index (χ0v) is 25.8. The SMILES string of the molecule is COC(=O)c1cc(NC(=O)CCCOc2cc3c(cc2OC)C(=O)N2CCCC[C@H]2C(OC2CCCCO2)N3C(=O)O)cn1C. The number of esters is 1. The first-order valence-electron chi connectivity index (χ1n) is 15.2. The number of benzene rings is 1. The van der Waals surface area contributed by atoms with Gasteiger partial charge in [-0.1, -0.05) is 0 Å². The summed E-state index contributed by atoms with van der Waals surface area (Å²) in [4.78, 5) is 54.0. The summed E-state index contributed by atoms with van der Waals surface area (Å²) in [5.74, 6) is -0.595. The maximum Gasteiger partial charge on any atom is 0.414 e. The Balaban J connectivity index is 1.33. The normalized spacial score (nSPS) is 21.3. The van der Waals surface area contributed by atoms with Crippen LogP contribution in [0.4, 0.5) is 16.2 Å². The summed E-state index contributed by atoms with van der Waals surface area (Å²) in [6, 6.07) is 4.05. The Labute approximate surface area is 261 Å². The van der Waals surface area contributed by atoms with E-state index < -0.39 is 30.6 Å². The van der Waals surface area contributed by atoms with Gasteiger partial charge < -0.3 is 43.6 Å². The van der Waals surface area contributed by atoms with Crippen molar-refractivity contribution in [1.29, 1.82) is 0 Å². The van der Waals surface area contributed by atoms with Crippen molar-refractivity contribution in [3.05, 3.63) is 35.7 Å². The van der Waals surface area contributed by atoms with Gasteiger partial charge in [0.2, 0.25) is 5.91 Å². The molecule has 45 heavy (non-hydrogen) atoms. The van der Waals surface area contributed by atoms with Crippen LogP contribution in [0.5, 0.6) is 11.5 Å². The van der Waals surface area contributed by atoms with Crippen LogP contribution in [0.2, 0.25) is 0 Å². The summed E-state index contributed by atoms with van der Waals surface area (Å²) in [5.41, 5.74) is 1.08. The first-order chi connectivity index (χ1) is 21.7. The summed E-state index contributed by atoms with van der Waals surface area (Å²) in [6.07, 6.45) is 3.93. The fourth-order valence-electron chi connectivity index (χ4n) is 6.08. The van der Waals surface area contributed by atoms with Crippen LogP contribution in [-0.2, 0) is 26.1 Å². The topological polar surface area (TPSA) is 158 Å². The molecule has 0 spiro atoms. The standard InChI is InChI=1S/C31H40N4O10/c1-33-18-19(15-23(33)30(38)42-3)32-26(36)10-8-14-43-25-17-22-20(16-24(25)41-2)28(37)34-12-6-4-9-21(34)29(35(22)31(39)40)45-27-11-5-7-13-44-27/h15-18,21,27,29H,4-14H2,1-3H3,(H,32,36)(H,39,40)/t21-,27?,29?/m0/s1. The van der Waals surface area contributed by atoms with E-state index in [1.165, 1.54) is 32.4 Å². The first-order valence-corrected chi connectivity index (χ1v) is 15.2. The molecule has 2 unspecified atom stereocenters. The molecule has 2 saturated heterocycles. The number of aromatic nitrogens is 1. The number of anilines is 2. The highest BCUT2D eigenvalue weighted by Gasteiger charge is 2.46. The molecule has 1 aromatic heterocycles. The second-order valence-corrected chi connectivity index (χ2v) is 11.3. The van der Waals surface area contributed by atoms with Crippen LogP contribution in [0.25, 0.3) is 0 Å². The Morgan fingerprint density at radius 1 is 1.07 bits per heavy atom. The zero-order chi connectivity index (χ0) is 32.1. The van der Waals surface area contributed by atoms with E-state index in [1.54, 1.807) is 22.7 Å². The molecule has 0 aliphatic carbocycles. The van der Waals surface area contributed by atoms with Crippen LogP contribution in [0.3, 0.4) is 0 Å². The van der Waals surface area contributed by atoms with Crippen LogP contribution in [-0.4, -0.2) is 91.0 Å². The second kappa shape index (κ2) is 14.2. The molecule has 0 bridgehead atoms. The number of hydrogen-bond donors (Lipinski definition) is 2. The number of amides is 3. The molecule has 3 amide bonds.